The number of ether oxygens (including phenoxy) is 1. The lowest BCUT2D eigenvalue weighted by molar-refractivity contribution is -0.122. The Labute approximate surface area is 177 Å². The molecule has 29 heavy (non-hydrogen) atoms. The van der Waals surface area contributed by atoms with E-state index in [1.54, 1.807) is 61.5 Å². The quantitative estimate of drug-likeness (QED) is 0.574. The van der Waals surface area contributed by atoms with E-state index in [-0.39, 0.29) is 17.5 Å². The standard InChI is InChI=1S/C21H17Cl2N3O3/c1-13(20(27)25-16-7-5-14(22)6-8-16)29-18-9-10-19(24-12-18)21(28)26-17-4-2-3-15(23)11-17/h2-13H,1H3,(H,25,27)(H,26,28). The van der Waals surface area contributed by atoms with Crippen molar-refractivity contribution in [2.75, 3.05) is 10.6 Å². The number of amides is 2. The third-order valence-electron chi connectivity index (χ3n) is 3.85. The van der Waals surface area contributed by atoms with Crippen LogP contribution in [0.25, 0.3) is 0 Å². The zero-order chi connectivity index (χ0) is 20.8. The van der Waals surface area contributed by atoms with Crippen LogP contribution in [0.15, 0.2) is 66.9 Å². The number of pyridine rings is 1. The zero-order valence-corrected chi connectivity index (χ0v) is 16.9. The summed E-state index contributed by atoms with van der Waals surface area (Å²) >= 11 is 11.7. The molecular weight excluding hydrogens is 413 g/mol. The second-order valence-electron chi connectivity index (χ2n) is 6.10. The number of hydrogen-bond acceptors (Lipinski definition) is 4. The van der Waals surface area contributed by atoms with Gasteiger partial charge in [0.1, 0.15) is 11.4 Å². The Balaban J connectivity index is 1.57. The van der Waals surface area contributed by atoms with Gasteiger partial charge >= 0.3 is 0 Å². The molecule has 6 nitrogen and oxygen atoms in total. The van der Waals surface area contributed by atoms with Crippen molar-refractivity contribution in [3.63, 3.8) is 0 Å². The summed E-state index contributed by atoms with van der Waals surface area (Å²) in [5.74, 6) is -0.342. The van der Waals surface area contributed by atoms with Crippen LogP contribution < -0.4 is 15.4 Å². The van der Waals surface area contributed by atoms with Gasteiger partial charge < -0.3 is 15.4 Å². The minimum absolute atomic E-state index is 0.204. The average Bonchev–Trinajstić information content (AvgIpc) is 2.70. The van der Waals surface area contributed by atoms with Gasteiger partial charge in [-0.25, -0.2) is 4.98 Å². The van der Waals surface area contributed by atoms with Crippen LogP contribution in [-0.4, -0.2) is 22.9 Å². The fourth-order valence-corrected chi connectivity index (χ4v) is 2.70. The van der Waals surface area contributed by atoms with Gasteiger partial charge in [-0.15, -0.1) is 0 Å². The maximum atomic E-state index is 12.3. The van der Waals surface area contributed by atoms with Gasteiger partial charge in [0.05, 0.1) is 6.20 Å². The predicted octanol–water partition coefficient (Wildman–Crippen LogP) is 5.05. The van der Waals surface area contributed by atoms with E-state index in [4.69, 9.17) is 27.9 Å². The molecule has 0 spiro atoms. The van der Waals surface area contributed by atoms with E-state index in [0.29, 0.717) is 27.2 Å². The molecule has 0 radical (unpaired) electrons. The molecule has 2 N–H and O–H groups in total. The summed E-state index contributed by atoms with van der Waals surface area (Å²) < 4.78 is 5.59. The van der Waals surface area contributed by atoms with Crippen LogP contribution in [0.3, 0.4) is 0 Å². The Morgan fingerprint density at radius 2 is 1.69 bits per heavy atom. The number of nitrogens with one attached hydrogen (secondary N) is 2. The molecule has 0 saturated heterocycles. The van der Waals surface area contributed by atoms with Gasteiger partial charge in [0, 0.05) is 21.4 Å². The summed E-state index contributed by atoms with van der Waals surface area (Å²) in [5, 5.41) is 6.54. The Kier molecular flexibility index (Phi) is 6.69. The minimum atomic E-state index is -0.765. The first kappa shape index (κ1) is 20.6. The van der Waals surface area contributed by atoms with E-state index < -0.39 is 6.10 Å². The van der Waals surface area contributed by atoms with Crippen LogP contribution in [-0.2, 0) is 4.79 Å². The second-order valence-corrected chi connectivity index (χ2v) is 6.97. The molecule has 0 aliphatic carbocycles. The van der Waals surface area contributed by atoms with Crippen LogP contribution in [0.5, 0.6) is 5.75 Å². The normalized spacial score (nSPS) is 11.4. The summed E-state index contributed by atoms with van der Waals surface area (Å²) in [6.07, 6.45) is 0.623. The first-order valence-corrected chi connectivity index (χ1v) is 9.42. The highest BCUT2D eigenvalue weighted by atomic mass is 35.5. The van der Waals surface area contributed by atoms with Gasteiger partial charge in [-0.3, -0.25) is 9.59 Å². The number of benzene rings is 2. The molecule has 148 valence electrons. The summed E-state index contributed by atoms with van der Waals surface area (Å²) in [5.41, 5.74) is 1.38. The van der Waals surface area contributed by atoms with Gasteiger partial charge in [0.2, 0.25) is 0 Å². The van der Waals surface area contributed by atoms with Crippen molar-refractivity contribution in [2.24, 2.45) is 0 Å². The Morgan fingerprint density at radius 3 is 2.34 bits per heavy atom. The Morgan fingerprint density at radius 1 is 0.931 bits per heavy atom. The second kappa shape index (κ2) is 9.41. The van der Waals surface area contributed by atoms with E-state index in [9.17, 15) is 9.59 Å². The molecule has 1 heterocycles. The maximum Gasteiger partial charge on any atom is 0.274 e. The van der Waals surface area contributed by atoms with Crippen LogP contribution in [0, 0.1) is 0 Å². The fraction of sp³-hybridized carbons (Fsp3) is 0.0952. The summed E-state index contributed by atoms with van der Waals surface area (Å²) in [7, 11) is 0. The summed E-state index contributed by atoms with van der Waals surface area (Å²) in [6.45, 7) is 1.62. The van der Waals surface area contributed by atoms with E-state index >= 15 is 0 Å². The Hall–Kier alpha value is -3.09. The number of hydrogen-bond donors (Lipinski definition) is 2. The Bertz CT molecular complexity index is 1010. The SMILES string of the molecule is CC(Oc1ccc(C(=O)Nc2cccc(Cl)c2)nc1)C(=O)Nc1ccc(Cl)cc1. The number of rotatable bonds is 6. The van der Waals surface area contributed by atoms with Crippen molar-refractivity contribution in [3.05, 3.63) is 82.6 Å². The molecule has 1 aromatic heterocycles. The molecule has 1 unspecified atom stereocenters. The highest BCUT2D eigenvalue weighted by molar-refractivity contribution is 6.31. The molecule has 0 aliphatic heterocycles. The molecule has 1 atom stereocenters. The highest BCUT2D eigenvalue weighted by Crippen LogP contribution is 2.18. The van der Waals surface area contributed by atoms with Crippen molar-refractivity contribution in [3.8, 4) is 5.75 Å². The average molecular weight is 430 g/mol. The smallest absolute Gasteiger partial charge is 0.274 e. The van der Waals surface area contributed by atoms with Gasteiger partial charge in [-0.2, -0.15) is 0 Å². The monoisotopic (exact) mass is 429 g/mol. The van der Waals surface area contributed by atoms with Crippen LogP contribution in [0.4, 0.5) is 11.4 Å². The lowest BCUT2D eigenvalue weighted by Gasteiger charge is -2.14. The first-order valence-electron chi connectivity index (χ1n) is 8.67. The molecule has 2 amide bonds. The number of anilines is 2. The predicted molar refractivity (Wildman–Crippen MR) is 114 cm³/mol. The lowest BCUT2D eigenvalue weighted by Crippen LogP contribution is -2.30. The van der Waals surface area contributed by atoms with Crippen molar-refractivity contribution in [2.45, 2.75) is 13.0 Å². The van der Waals surface area contributed by atoms with Crippen LogP contribution in [0.1, 0.15) is 17.4 Å². The first-order chi connectivity index (χ1) is 13.9. The van der Waals surface area contributed by atoms with Crippen LogP contribution in [0.2, 0.25) is 10.0 Å². The zero-order valence-electron chi connectivity index (χ0n) is 15.4. The molecule has 3 rings (SSSR count). The number of aromatic nitrogens is 1. The van der Waals surface area contributed by atoms with Crippen molar-refractivity contribution >= 4 is 46.4 Å². The summed E-state index contributed by atoms with van der Waals surface area (Å²) in [4.78, 5) is 28.6. The van der Waals surface area contributed by atoms with Crippen molar-refractivity contribution < 1.29 is 14.3 Å². The molecule has 3 aromatic rings. The lowest BCUT2D eigenvalue weighted by atomic mass is 10.3. The van der Waals surface area contributed by atoms with Crippen molar-refractivity contribution in [1.82, 2.24) is 4.98 Å². The maximum absolute atomic E-state index is 12.3. The van der Waals surface area contributed by atoms with E-state index in [2.05, 4.69) is 15.6 Å². The molecule has 0 aliphatic rings. The van der Waals surface area contributed by atoms with Gasteiger partial charge in [0.15, 0.2) is 6.10 Å². The number of nitrogens with zero attached hydrogens (tertiary/aromatic N) is 1. The third kappa shape index (κ3) is 5.94. The molecule has 0 fully saturated rings. The van der Waals surface area contributed by atoms with Gasteiger partial charge in [0.25, 0.3) is 11.8 Å². The highest BCUT2D eigenvalue weighted by Gasteiger charge is 2.16. The topological polar surface area (TPSA) is 80.3 Å². The van der Waals surface area contributed by atoms with Crippen LogP contribution >= 0.6 is 23.2 Å². The molecule has 0 saturated carbocycles. The van der Waals surface area contributed by atoms with Crippen molar-refractivity contribution in [1.29, 1.82) is 0 Å². The number of carbonyl (C=O) groups is 2. The summed E-state index contributed by atoms with van der Waals surface area (Å²) in [6, 6.07) is 16.7. The van der Waals surface area contributed by atoms with E-state index in [0.717, 1.165) is 0 Å². The minimum Gasteiger partial charge on any atom is -0.479 e. The molecule has 2 aromatic carbocycles. The van der Waals surface area contributed by atoms with E-state index in [1.165, 1.54) is 12.3 Å². The molecule has 8 heteroatoms. The number of halogens is 2. The molecule has 0 bridgehead atoms. The van der Waals surface area contributed by atoms with Gasteiger partial charge in [-0.05, 0) is 61.5 Å². The van der Waals surface area contributed by atoms with Gasteiger partial charge in [-0.1, -0.05) is 29.3 Å². The number of carbonyl (C=O) groups excluding carboxylic acids is 2. The fourth-order valence-electron chi connectivity index (χ4n) is 2.38. The molecular formula is C21H17Cl2N3O3. The third-order valence-corrected chi connectivity index (χ3v) is 4.33. The van der Waals surface area contributed by atoms with E-state index in [1.807, 2.05) is 0 Å². The largest absolute Gasteiger partial charge is 0.479 e.